The van der Waals surface area contributed by atoms with E-state index in [0.29, 0.717) is 11.5 Å². The van der Waals surface area contributed by atoms with Crippen molar-refractivity contribution in [2.24, 2.45) is 0 Å². The Bertz CT molecular complexity index is 2060. The molecule has 0 bridgehead atoms. The number of benzene rings is 4. The summed E-state index contributed by atoms with van der Waals surface area (Å²) in [6.45, 7) is 28.6. The molecule has 0 heterocycles. The predicted octanol–water partition coefficient (Wildman–Crippen LogP) is 12.8. The third-order valence-corrected chi connectivity index (χ3v) is 10.2. The van der Waals surface area contributed by atoms with Crippen LogP contribution < -0.4 is 9.47 Å². The first kappa shape index (κ1) is 41.6. The zero-order valence-electron chi connectivity index (χ0n) is 34.0. The molecule has 53 heavy (non-hydrogen) atoms. The quantitative estimate of drug-likeness (QED) is 0.0639. The lowest BCUT2D eigenvalue weighted by molar-refractivity contribution is -0.133. The summed E-state index contributed by atoms with van der Waals surface area (Å²) in [5.74, 6) is 3.52. The van der Waals surface area contributed by atoms with Gasteiger partial charge >= 0.3 is 11.9 Å². The van der Waals surface area contributed by atoms with Crippen molar-refractivity contribution < 1.29 is 19.1 Å². The smallest absolute Gasteiger partial charge is 0.308 e. The maximum absolute atomic E-state index is 12.2. The predicted molar refractivity (Wildman–Crippen MR) is 231 cm³/mol. The van der Waals surface area contributed by atoms with Crippen molar-refractivity contribution in [3.63, 3.8) is 0 Å². The molecule has 0 aliphatic carbocycles. The Morgan fingerprint density at radius 1 is 0.547 bits per heavy atom. The van der Waals surface area contributed by atoms with Gasteiger partial charge in [-0.3, -0.25) is 9.59 Å². The molecule has 0 aromatic heterocycles. The SMILES string of the molecule is C#Cc1ccc(-c2cc(C(C)(C)C)c(OC(C)=O)c(C(C)(C)C)c2)cc1/C=C\c1ccc(-c2cc(C(C)(C)C)c(OC(C)=O)c(C(C)(C)C)c2)cc1I. The number of ether oxygens (including phenoxy) is 2. The van der Waals surface area contributed by atoms with Gasteiger partial charge in [-0.1, -0.05) is 119 Å². The van der Waals surface area contributed by atoms with Crippen LogP contribution in [0.25, 0.3) is 34.4 Å². The Balaban J connectivity index is 1.82. The Hall–Kier alpha value is -4.15. The second-order valence-electron chi connectivity index (χ2n) is 18.0. The van der Waals surface area contributed by atoms with E-state index in [1.54, 1.807) is 0 Å². The monoisotopic (exact) mass is 822 g/mol. The lowest BCUT2D eigenvalue weighted by Gasteiger charge is -2.30. The van der Waals surface area contributed by atoms with Crippen molar-refractivity contribution >= 4 is 46.7 Å². The number of carbonyl (C=O) groups excluding carboxylic acids is 2. The fourth-order valence-corrected chi connectivity index (χ4v) is 7.05. The molecule has 4 aromatic carbocycles. The van der Waals surface area contributed by atoms with Crippen molar-refractivity contribution in [1.29, 1.82) is 0 Å². The van der Waals surface area contributed by atoms with Gasteiger partial charge in [-0.25, -0.2) is 0 Å². The molecular weight excluding hydrogens is 767 g/mol. The summed E-state index contributed by atoms with van der Waals surface area (Å²) in [4.78, 5) is 24.4. The Kier molecular flexibility index (Phi) is 12.0. The highest BCUT2D eigenvalue weighted by Crippen LogP contribution is 2.45. The molecule has 0 unspecified atom stereocenters. The Labute approximate surface area is 331 Å². The molecule has 0 radical (unpaired) electrons. The van der Waals surface area contributed by atoms with E-state index in [4.69, 9.17) is 15.9 Å². The van der Waals surface area contributed by atoms with E-state index < -0.39 is 0 Å². The molecule has 0 spiro atoms. The normalized spacial score (nSPS) is 12.5. The van der Waals surface area contributed by atoms with Crippen LogP contribution in [0.3, 0.4) is 0 Å². The first-order valence-corrected chi connectivity index (χ1v) is 19.2. The van der Waals surface area contributed by atoms with Gasteiger partial charge in [0.1, 0.15) is 11.5 Å². The van der Waals surface area contributed by atoms with Gasteiger partial charge in [-0.05, 0) is 120 Å². The first-order valence-electron chi connectivity index (χ1n) is 18.1. The number of terminal acetylenes is 1. The van der Waals surface area contributed by atoms with Crippen LogP contribution in [0.15, 0.2) is 60.7 Å². The van der Waals surface area contributed by atoms with Crippen LogP contribution in [0, 0.1) is 15.9 Å². The van der Waals surface area contributed by atoms with E-state index in [2.05, 4.69) is 178 Å². The second kappa shape index (κ2) is 15.3. The van der Waals surface area contributed by atoms with Crippen molar-refractivity contribution in [3.05, 3.63) is 103 Å². The molecule has 0 saturated heterocycles. The number of halogens is 1. The minimum Gasteiger partial charge on any atom is -0.426 e. The third-order valence-electron chi connectivity index (χ3n) is 9.22. The van der Waals surface area contributed by atoms with Crippen LogP contribution in [0.4, 0.5) is 0 Å². The van der Waals surface area contributed by atoms with Crippen LogP contribution in [0.2, 0.25) is 0 Å². The number of esters is 2. The number of carbonyl (C=O) groups is 2. The molecule has 0 atom stereocenters. The lowest BCUT2D eigenvalue weighted by atomic mass is 9.77. The van der Waals surface area contributed by atoms with Gasteiger partial charge in [-0.15, -0.1) is 6.42 Å². The number of rotatable bonds is 6. The number of hydrogen-bond acceptors (Lipinski definition) is 4. The van der Waals surface area contributed by atoms with E-state index >= 15 is 0 Å². The molecule has 0 fully saturated rings. The average Bonchev–Trinajstić information content (AvgIpc) is 3.01. The molecule has 0 aliphatic heterocycles. The number of hydrogen-bond donors (Lipinski definition) is 0. The highest BCUT2D eigenvalue weighted by Gasteiger charge is 2.31. The van der Waals surface area contributed by atoms with Crippen molar-refractivity contribution in [1.82, 2.24) is 0 Å². The van der Waals surface area contributed by atoms with E-state index in [-0.39, 0.29) is 33.6 Å². The summed E-state index contributed by atoms with van der Waals surface area (Å²) < 4.78 is 12.8. The molecule has 0 aliphatic rings. The molecule has 4 aromatic rings. The van der Waals surface area contributed by atoms with Gasteiger partial charge < -0.3 is 9.47 Å². The first-order chi connectivity index (χ1) is 24.3. The van der Waals surface area contributed by atoms with Gasteiger partial charge in [0.05, 0.1) is 0 Å². The van der Waals surface area contributed by atoms with E-state index in [1.165, 1.54) is 13.8 Å². The maximum atomic E-state index is 12.2. The molecule has 0 amide bonds. The van der Waals surface area contributed by atoms with Gasteiger partial charge in [-0.2, -0.15) is 0 Å². The van der Waals surface area contributed by atoms with Gasteiger partial charge in [0.15, 0.2) is 0 Å². The van der Waals surface area contributed by atoms with Crippen molar-refractivity contribution in [2.45, 2.75) is 119 Å². The van der Waals surface area contributed by atoms with E-state index in [9.17, 15) is 9.59 Å². The average molecular weight is 823 g/mol. The largest absolute Gasteiger partial charge is 0.426 e. The summed E-state index contributed by atoms with van der Waals surface area (Å²) in [6, 6.07) is 21.3. The van der Waals surface area contributed by atoms with Gasteiger partial charge in [0, 0.05) is 45.2 Å². The minimum absolute atomic E-state index is 0.243. The molecular formula is C48H55IO4. The van der Waals surface area contributed by atoms with Gasteiger partial charge in [0.25, 0.3) is 0 Å². The molecule has 4 nitrogen and oxygen atoms in total. The van der Waals surface area contributed by atoms with Crippen LogP contribution in [-0.2, 0) is 31.2 Å². The summed E-state index contributed by atoms with van der Waals surface area (Å²) in [6.07, 6.45) is 10.2. The Morgan fingerprint density at radius 2 is 0.906 bits per heavy atom. The Morgan fingerprint density at radius 3 is 1.25 bits per heavy atom. The standard InChI is InChI=1S/C48H55IO4/c1-16-31-17-20-34(36-24-38(45(4,5)6)43(52-29(2)50)39(25-36)46(7,8)9)23-33(31)21-18-32-19-22-35(28-42(32)49)37-26-40(47(10,11)12)44(53-30(3)51)41(27-37)48(13,14)15/h1,17-28H,2-15H3/b21-18-. The minimum atomic E-state index is -0.330. The summed E-state index contributed by atoms with van der Waals surface area (Å²) in [5, 5.41) is 0. The zero-order chi connectivity index (χ0) is 39.8. The molecule has 0 N–H and O–H groups in total. The van der Waals surface area contributed by atoms with Crippen LogP contribution >= 0.6 is 22.6 Å². The van der Waals surface area contributed by atoms with Crippen molar-refractivity contribution in [3.8, 4) is 46.1 Å². The van der Waals surface area contributed by atoms with Crippen LogP contribution in [0.1, 0.15) is 136 Å². The van der Waals surface area contributed by atoms with E-state index in [1.807, 2.05) is 6.07 Å². The summed E-state index contributed by atoms with van der Waals surface area (Å²) in [5.41, 5.74) is 9.99. The fraction of sp³-hybridized carbons (Fsp3) is 0.375. The second-order valence-corrected chi connectivity index (χ2v) is 19.2. The third kappa shape index (κ3) is 9.89. The van der Waals surface area contributed by atoms with Crippen LogP contribution in [0.5, 0.6) is 11.5 Å². The van der Waals surface area contributed by atoms with Gasteiger partial charge in [0.2, 0.25) is 0 Å². The zero-order valence-corrected chi connectivity index (χ0v) is 36.2. The topological polar surface area (TPSA) is 52.6 Å². The molecule has 5 heteroatoms. The maximum Gasteiger partial charge on any atom is 0.308 e. The van der Waals surface area contributed by atoms with Crippen LogP contribution in [-0.4, -0.2) is 11.9 Å². The highest BCUT2D eigenvalue weighted by atomic mass is 127. The molecule has 278 valence electrons. The molecule has 0 saturated carbocycles. The lowest BCUT2D eigenvalue weighted by Crippen LogP contribution is -2.21. The van der Waals surface area contributed by atoms with Crippen molar-refractivity contribution in [2.75, 3.05) is 0 Å². The highest BCUT2D eigenvalue weighted by molar-refractivity contribution is 14.1. The van der Waals surface area contributed by atoms with E-state index in [0.717, 1.165) is 64.8 Å². The summed E-state index contributed by atoms with van der Waals surface area (Å²) in [7, 11) is 0. The summed E-state index contributed by atoms with van der Waals surface area (Å²) >= 11 is 2.40. The fourth-order valence-electron chi connectivity index (χ4n) is 6.36. The molecule has 4 rings (SSSR count).